The van der Waals surface area contributed by atoms with E-state index < -0.39 is 15.3 Å². The molecule has 1 heterocycles. The van der Waals surface area contributed by atoms with Crippen LogP contribution in [-0.2, 0) is 21.9 Å². The minimum absolute atomic E-state index is 0.0557. The minimum atomic E-state index is -3.38. The van der Waals surface area contributed by atoms with Gasteiger partial charge in [0.05, 0.1) is 27.8 Å². The molecule has 0 saturated heterocycles. The quantitative estimate of drug-likeness (QED) is 0.371. The molecular formula is C22H23Cl3N2O4S. The number of alkyl halides is 1. The molecule has 0 bridgehead atoms. The first-order valence-corrected chi connectivity index (χ1v) is 12.9. The summed E-state index contributed by atoms with van der Waals surface area (Å²) in [7, 11) is -3.38. The molecule has 0 aliphatic carbocycles. The highest BCUT2D eigenvalue weighted by Crippen LogP contribution is 2.40. The van der Waals surface area contributed by atoms with Crippen molar-refractivity contribution in [3.63, 3.8) is 0 Å². The largest absolute Gasteiger partial charge is 0.489 e. The molecule has 3 rings (SSSR count). The van der Waals surface area contributed by atoms with Crippen LogP contribution in [0.4, 0.5) is 0 Å². The van der Waals surface area contributed by atoms with Crippen molar-refractivity contribution >= 4 is 44.6 Å². The number of aromatic amines is 1. The van der Waals surface area contributed by atoms with Crippen molar-refractivity contribution in [1.29, 1.82) is 0 Å². The van der Waals surface area contributed by atoms with Crippen LogP contribution in [0.3, 0.4) is 0 Å². The predicted octanol–water partition coefficient (Wildman–Crippen LogP) is 5.64. The molecule has 0 fully saturated rings. The SMILES string of the molecule is CC(C)(c1ccc(OCc2[nH]ncc2S(C)(=O)=O)cc1)c1cc(Cl)c(OCCCl)c(Cl)c1. The zero-order valence-corrected chi connectivity index (χ0v) is 20.9. The summed E-state index contributed by atoms with van der Waals surface area (Å²) in [6.07, 6.45) is 2.41. The lowest BCUT2D eigenvalue weighted by Crippen LogP contribution is -2.19. The summed E-state index contributed by atoms with van der Waals surface area (Å²) in [6, 6.07) is 11.2. The average molecular weight is 518 g/mol. The van der Waals surface area contributed by atoms with Crippen molar-refractivity contribution in [2.75, 3.05) is 18.7 Å². The van der Waals surface area contributed by atoms with Crippen LogP contribution in [0.25, 0.3) is 0 Å². The maximum absolute atomic E-state index is 11.8. The number of rotatable bonds is 9. The van der Waals surface area contributed by atoms with Gasteiger partial charge in [0.1, 0.15) is 23.9 Å². The molecule has 0 saturated carbocycles. The Hall–Kier alpha value is -1.93. The number of sulfone groups is 1. The number of hydrogen-bond donors (Lipinski definition) is 1. The Morgan fingerprint density at radius 1 is 1.03 bits per heavy atom. The van der Waals surface area contributed by atoms with E-state index in [9.17, 15) is 8.42 Å². The highest BCUT2D eigenvalue weighted by atomic mass is 35.5. The molecule has 6 nitrogen and oxygen atoms in total. The van der Waals surface area contributed by atoms with Crippen LogP contribution < -0.4 is 9.47 Å². The molecule has 0 radical (unpaired) electrons. The Bertz CT molecular complexity index is 1170. The molecule has 172 valence electrons. The third-order valence-electron chi connectivity index (χ3n) is 5.08. The van der Waals surface area contributed by atoms with Crippen LogP contribution in [0, 0.1) is 0 Å². The maximum atomic E-state index is 11.8. The highest BCUT2D eigenvalue weighted by Gasteiger charge is 2.26. The standard InChI is InChI=1S/C22H23Cl3N2O4S/c1-22(2,15-10-17(24)21(18(25)11-15)30-9-8-23)14-4-6-16(7-5-14)31-13-19-20(12-26-27-19)32(3,28)29/h4-7,10-12H,8-9,13H2,1-3H3,(H,26,27). The summed E-state index contributed by atoms with van der Waals surface area (Å²) in [5.41, 5.74) is 1.95. The molecule has 0 amide bonds. The number of H-pyrrole nitrogens is 1. The van der Waals surface area contributed by atoms with Crippen LogP contribution in [-0.4, -0.2) is 37.4 Å². The van der Waals surface area contributed by atoms with Gasteiger partial charge < -0.3 is 9.47 Å². The van der Waals surface area contributed by atoms with E-state index in [1.165, 1.54) is 6.20 Å². The third kappa shape index (κ3) is 5.52. The number of aromatic nitrogens is 2. The van der Waals surface area contributed by atoms with Crippen molar-refractivity contribution in [1.82, 2.24) is 10.2 Å². The second-order valence-corrected chi connectivity index (χ2v) is 10.9. The normalized spacial score (nSPS) is 12.1. The van der Waals surface area contributed by atoms with Crippen molar-refractivity contribution < 1.29 is 17.9 Å². The summed E-state index contributed by atoms with van der Waals surface area (Å²) in [6.45, 7) is 4.50. The Morgan fingerprint density at radius 2 is 1.66 bits per heavy atom. The molecule has 1 N–H and O–H groups in total. The third-order valence-corrected chi connectivity index (χ3v) is 6.95. The van der Waals surface area contributed by atoms with Gasteiger partial charge in [0.15, 0.2) is 15.6 Å². The zero-order chi connectivity index (χ0) is 23.5. The fraction of sp³-hybridized carbons (Fsp3) is 0.318. The van der Waals surface area contributed by atoms with Gasteiger partial charge in [-0.05, 0) is 35.4 Å². The topological polar surface area (TPSA) is 81.3 Å². The molecule has 0 unspecified atom stereocenters. The fourth-order valence-corrected chi connectivity index (χ4v) is 4.68. The molecule has 2 aromatic carbocycles. The van der Waals surface area contributed by atoms with Gasteiger partial charge in [-0.2, -0.15) is 5.10 Å². The van der Waals surface area contributed by atoms with Crippen LogP contribution >= 0.6 is 34.8 Å². The fourth-order valence-electron chi connectivity index (χ4n) is 3.21. The molecule has 0 aliphatic heterocycles. The molecule has 10 heteroatoms. The number of ether oxygens (including phenoxy) is 2. The number of halogens is 3. The van der Waals surface area contributed by atoms with Crippen LogP contribution in [0.5, 0.6) is 11.5 Å². The Kier molecular flexibility index (Phi) is 7.65. The number of benzene rings is 2. The lowest BCUT2D eigenvalue weighted by atomic mass is 9.78. The number of nitrogens with zero attached hydrogens (tertiary/aromatic N) is 1. The first kappa shape index (κ1) is 24.7. The Labute approximate surface area is 202 Å². The van der Waals surface area contributed by atoms with Gasteiger partial charge in [-0.25, -0.2) is 8.42 Å². The number of nitrogens with one attached hydrogen (secondary N) is 1. The van der Waals surface area contributed by atoms with Gasteiger partial charge >= 0.3 is 0 Å². The van der Waals surface area contributed by atoms with Crippen molar-refractivity contribution in [3.05, 3.63) is 69.5 Å². The first-order valence-electron chi connectivity index (χ1n) is 9.68. The van der Waals surface area contributed by atoms with Crippen molar-refractivity contribution in [3.8, 4) is 11.5 Å². The van der Waals surface area contributed by atoms with Crippen LogP contribution in [0.2, 0.25) is 10.0 Å². The molecule has 0 spiro atoms. The van der Waals surface area contributed by atoms with Gasteiger partial charge in [0.25, 0.3) is 0 Å². The molecule has 32 heavy (non-hydrogen) atoms. The van der Waals surface area contributed by atoms with Gasteiger partial charge in [-0.1, -0.05) is 49.2 Å². The molecule has 0 atom stereocenters. The van der Waals surface area contributed by atoms with Crippen molar-refractivity contribution in [2.24, 2.45) is 0 Å². The van der Waals surface area contributed by atoms with Gasteiger partial charge in [-0.15, -0.1) is 11.6 Å². The first-order chi connectivity index (χ1) is 15.0. The average Bonchev–Trinajstić information content (AvgIpc) is 3.21. The zero-order valence-electron chi connectivity index (χ0n) is 17.8. The van der Waals surface area contributed by atoms with E-state index in [0.717, 1.165) is 17.4 Å². The maximum Gasteiger partial charge on any atom is 0.179 e. The van der Waals surface area contributed by atoms with E-state index in [1.54, 1.807) is 0 Å². The van der Waals surface area contributed by atoms with E-state index in [2.05, 4.69) is 24.0 Å². The minimum Gasteiger partial charge on any atom is -0.489 e. The number of hydrogen-bond acceptors (Lipinski definition) is 5. The van der Waals surface area contributed by atoms with E-state index in [1.807, 2.05) is 36.4 Å². The molecule has 0 aliphatic rings. The molecule has 3 aromatic rings. The Balaban J connectivity index is 1.77. The summed E-state index contributed by atoms with van der Waals surface area (Å²) in [4.78, 5) is 0.127. The molecule has 1 aromatic heterocycles. The van der Waals surface area contributed by atoms with Gasteiger partial charge in [0, 0.05) is 11.7 Å². The lowest BCUT2D eigenvalue weighted by Gasteiger charge is -2.27. The van der Waals surface area contributed by atoms with E-state index >= 15 is 0 Å². The van der Waals surface area contributed by atoms with Crippen LogP contribution in [0.1, 0.15) is 30.7 Å². The van der Waals surface area contributed by atoms with Crippen LogP contribution in [0.15, 0.2) is 47.5 Å². The van der Waals surface area contributed by atoms with Gasteiger partial charge in [0.2, 0.25) is 0 Å². The summed E-state index contributed by atoms with van der Waals surface area (Å²) < 4.78 is 34.9. The van der Waals surface area contributed by atoms with E-state index in [-0.39, 0.29) is 11.5 Å². The summed E-state index contributed by atoms with van der Waals surface area (Å²) in [5, 5.41) is 7.31. The van der Waals surface area contributed by atoms with Crippen molar-refractivity contribution in [2.45, 2.75) is 30.8 Å². The predicted molar refractivity (Wildman–Crippen MR) is 127 cm³/mol. The summed E-state index contributed by atoms with van der Waals surface area (Å²) >= 11 is 18.5. The monoisotopic (exact) mass is 516 g/mol. The highest BCUT2D eigenvalue weighted by molar-refractivity contribution is 7.90. The second kappa shape index (κ2) is 9.91. The Morgan fingerprint density at radius 3 is 2.22 bits per heavy atom. The molecular weight excluding hydrogens is 495 g/mol. The summed E-state index contributed by atoms with van der Waals surface area (Å²) in [5.74, 6) is 1.36. The lowest BCUT2D eigenvalue weighted by molar-refractivity contribution is 0.298. The smallest absolute Gasteiger partial charge is 0.179 e. The van der Waals surface area contributed by atoms with E-state index in [0.29, 0.717) is 39.7 Å². The van der Waals surface area contributed by atoms with Gasteiger partial charge in [-0.3, -0.25) is 5.10 Å². The second-order valence-electron chi connectivity index (χ2n) is 7.73. The van der Waals surface area contributed by atoms with E-state index in [4.69, 9.17) is 44.3 Å².